The van der Waals surface area contributed by atoms with Crippen molar-refractivity contribution in [3.63, 3.8) is 0 Å². The third-order valence-electron chi connectivity index (χ3n) is 5.03. The Morgan fingerprint density at radius 1 is 0.476 bits per heavy atom. The number of rotatable bonds is 31. The van der Waals surface area contributed by atoms with E-state index in [0.29, 0.717) is 124 Å². The molecule has 42 heavy (non-hydrogen) atoms. The van der Waals surface area contributed by atoms with Crippen LogP contribution in [0.3, 0.4) is 0 Å². The lowest BCUT2D eigenvalue weighted by molar-refractivity contribution is -0.177. The normalized spacial score (nSPS) is 13.3. The number of amides is 2. The van der Waals surface area contributed by atoms with Crippen LogP contribution in [0.2, 0.25) is 0 Å². The summed E-state index contributed by atoms with van der Waals surface area (Å²) in [5, 5.41) is 0.419. The maximum Gasteiger partial charge on any atom is 0.534 e. The zero-order valence-electron chi connectivity index (χ0n) is 24.6. The van der Waals surface area contributed by atoms with Crippen LogP contribution in [0, 0.1) is 0 Å². The lowest BCUT2D eigenvalue weighted by atomic mass is 10.4. The van der Waals surface area contributed by atoms with Gasteiger partial charge in [-0.05, 0) is 0 Å². The molecule has 0 aromatic carbocycles. The van der Waals surface area contributed by atoms with Gasteiger partial charge >= 0.3 is 6.16 Å². The van der Waals surface area contributed by atoms with Crippen molar-refractivity contribution in [2.45, 2.75) is 12.8 Å². The number of carbonyl (C=O) groups excluding carboxylic acids is 3. The molecular weight excluding hydrogens is 566 g/mol. The van der Waals surface area contributed by atoms with Crippen LogP contribution < -0.4 is 0 Å². The minimum absolute atomic E-state index is 0.0190. The molecule has 1 rings (SSSR count). The fourth-order valence-electron chi connectivity index (χ4n) is 2.95. The highest BCUT2D eigenvalue weighted by Crippen LogP contribution is 2.12. The molecule has 0 aromatic heterocycles. The van der Waals surface area contributed by atoms with E-state index in [9.17, 15) is 14.4 Å². The number of hydrogen-bond donors (Lipinski definition) is 0. The molecular formula is C26H47NO15. The maximum atomic E-state index is 11.4. The van der Waals surface area contributed by atoms with Gasteiger partial charge in [0.25, 0.3) is 11.8 Å². The molecule has 0 saturated carbocycles. The van der Waals surface area contributed by atoms with Crippen LogP contribution in [0.15, 0.2) is 0 Å². The van der Waals surface area contributed by atoms with E-state index in [-0.39, 0.29) is 26.1 Å². The molecule has 1 saturated heterocycles. The second kappa shape index (κ2) is 29.1. The van der Waals surface area contributed by atoms with E-state index in [4.69, 9.17) is 52.1 Å². The second-order valence-electron chi connectivity index (χ2n) is 8.28. The predicted molar refractivity (Wildman–Crippen MR) is 143 cm³/mol. The van der Waals surface area contributed by atoms with Gasteiger partial charge in [-0.2, -0.15) is 0 Å². The van der Waals surface area contributed by atoms with Gasteiger partial charge in [0.1, 0.15) is 6.61 Å². The molecule has 246 valence electrons. The Labute approximate surface area is 246 Å². The van der Waals surface area contributed by atoms with E-state index in [2.05, 4.69) is 4.84 Å². The molecule has 2 amide bonds. The van der Waals surface area contributed by atoms with Gasteiger partial charge in [0, 0.05) is 20.0 Å². The van der Waals surface area contributed by atoms with Crippen molar-refractivity contribution in [3.05, 3.63) is 0 Å². The summed E-state index contributed by atoms with van der Waals surface area (Å²) in [7, 11) is 1.63. The van der Waals surface area contributed by atoms with Crippen LogP contribution in [0.1, 0.15) is 12.8 Å². The summed E-state index contributed by atoms with van der Waals surface area (Å²) in [6.45, 7) is 8.54. The average Bonchev–Trinajstić information content (AvgIpc) is 3.30. The van der Waals surface area contributed by atoms with Crippen molar-refractivity contribution in [1.82, 2.24) is 5.06 Å². The number of methoxy groups -OCH3 is 1. The first kappa shape index (κ1) is 38.0. The van der Waals surface area contributed by atoms with Crippen molar-refractivity contribution in [2.75, 3.05) is 139 Å². The van der Waals surface area contributed by atoms with Crippen molar-refractivity contribution < 1.29 is 71.3 Å². The smallest absolute Gasteiger partial charge is 0.430 e. The van der Waals surface area contributed by atoms with Gasteiger partial charge in [-0.15, -0.1) is 0 Å². The topological polar surface area (TPSA) is 165 Å². The molecule has 0 aromatic rings. The standard InChI is InChI=1S/C26H47NO15/c1-31-4-5-32-6-7-33-8-9-34-10-11-35-12-13-36-14-15-37-16-17-38-18-19-39-20-21-40-22-23-41-26(30)42-27-24(28)2-3-25(27)29/h2-23H2,1H3. The average molecular weight is 614 g/mol. The van der Waals surface area contributed by atoms with Crippen LogP contribution in [0.25, 0.3) is 0 Å². The largest absolute Gasteiger partial charge is 0.534 e. The molecule has 16 heteroatoms. The van der Waals surface area contributed by atoms with E-state index in [1.54, 1.807) is 7.11 Å². The van der Waals surface area contributed by atoms with Crippen molar-refractivity contribution in [3.8, 4) is 0 Å². The van der Waals surface area contributed by atoms with Gasteiger partial charge in [-0.3, -0.25) is 14.4 Å². The first-order chi connectivity index (χ1) is 20.6. The highest BCUT2D eigenvalue weighted by molar-refractivity contribution is 6.01. The fourth-order valence-corrected chi connectivity index (χ4v) is 2.95. The third-order valence-corrected chi connectivity index (χ3v) is 5.03. The first-order valence-electron chi connectivity index (χ1n) is 14.0. The number of hydroxylamine groups is 2. The Kier molecular flexibility index (Phi) is 26.4. The number of nitrogens with zero attached hydrogens (tertiary/aromatic N) is 1. The Morgan fingerprint density at radius 2 is 0.738 bits per heavy atom. The van der Waals surface area contributed by atoms with Crippen molar-refractivity contribution >= 4 is 18.0 Å². The number of imide groups is 1. The molecule has 1 aliphatic rings. The highest BCUT2D eigenvalue weighted by Gasteiger charge is 2.33. The summed E-state index contributed by atoms with van der Waals surface area (Å²) in [5.74, 6) is -1.14. The van der Waals surface area contributed by atoms with Gasteiger partial charge in [-0.1, -0.05) is 5.06 Å². The van der Waals surface area contributed by atoms with E-state index in [1.807, 2.05) is 0 Å². The Morgan fingerprint density at radius 3 is 1.02 bits per heavy atom. The Hall–Kier alpha value is -1.99. The minimum Gasteiger partial charge on any atom is -0.430 e. The van der Waals surface area contributed by atoms with Gasteiger partial charge < -0.3 is 52.1 Å². The van der Waals surface area contributed by atoms with Crippen molar-refractivity contribution in [2.24, 2.45) is 0 Å². The lowest BCUT2D eigenvalue weighted by Crippen LogP contribution is -2.32. The molecule has 1 heterocycles. The van der Waals surface area contributed by atoms with E-state index < -0.39 is 18.0 Å². The van der Waals surface area contributed by atoms with Gasteiger partial charge in [-0.25, -0.2) is 4.79 Å². The molecule has 16 nitrogen and oxygen atoms in total. The van der Waals surface area contributed by atoms with Crippen LogP contribution in [0.5, 0.6) is 0 Å². The molecule has 0 spiro atoms. The quantitative estimate of drug-likeness (QED) is 0.0582. The zero-order chi connectivity index (χ0) is 30.4. The molecule has 0 atom stereocenters. The van der Waals surface area contributed by atoms with Crippen LogP contribution in [-0.4, -0.2) is 162 Å². The lowest BCUT2D eigenvalue weighted by Gasteiger charge is -2.12. The summed E-state index contributed by atoms with van der Waals surface area (Å²) in [4.78, 5) is 38.7. The minimum atomic E-state index is -1.13. The SMILES string of the molecule is COCCOCCOCCOCCOCCOCCOCCOCCOCCOCCOC(=O)ON1C(=O)CCC1=O. The van der Waals surface area contributed by atoms with Gasteiger partial charge in [0.2, 0.25) is 0 Å². The number of ether oxygens (including phenoxy) is 11. The Bertz CT molecular complexity index is 654. The zero-order valence-corrected chi connectivity index (χ0v) is 24.6. The monoisotopic (exact) mass is 613 g/mol. The van der Waals surface area contributed by atoms with E-state index in [1.165, 1.54) is 0 Å². The second-order valence-corrected chi connectivity index (χ2v) is 8.28. The predicted octanol–water partition coefficient (Wildman–Crippen LogP) is -0.000600. The molecule has 1 fully saturated rings. The molecule has 0 aliphatic carbocycles. The van der Waals surface area contributed by atoms with Gasteiger partial charge in [0.05, 0.1) is 126 Å². The van der Waals surface area contributed by atoms with Crippen LogP contribution in [0.4, 0.5) is 4.79 Å². The summed E-state index contributed by atoms with van der Waals surface area (Å²) < 4.78 is 58.0. The summed E-state index contributed by atoms with van der Waals surface area (Å²) >= 11 is 0. The first-order valence-corrected chi connectivity index (χ1v) is 14.0. The number of hydrogen-bond acceptors (Lipinski definition) is 15. The van der Waals surface area contributed by atoms with Gasteiger partial charge in [0.15, 0.2) is 0 Å². The molecule has 0 N–H and O–H groups in total. The third kappa shape index (κ3) is 23.6. The molecule has 1 aliphatic heterocycles. The van der Waals surface area contributed by atoms with E-state index in [0.717, 1.165) is 0 Å². The Balaban J connectivity index is 1.66. The summed E-state index contributed by atoms with van der Waals surface area (Å²) in [6, 6.07) is 0. The van der Waals surface area contributed by atoms with E-state index >= 15 is 0 Å². The van der Waals surface area contributed by atoms with Crippen molar-refractivity contribution in [1.29, 1.82) is 0 Å². The highest BCUT2D eigenvalue weighted by atomic mass is 16.8. The summed E-state index contributed by atoms with van der Waals surface area (Å²) in [5.41, 5.74) is 0. The fraction of sp³-hybridized carbons (Fsp3) is 0.885. The molecule has 0 unspecified atom stereocenters. The van der Waals surface area contributed by atoms with Crippen LogP contribution in [-0.2, 0) is 66.5 Å². The maximum absolute atomic E-state index is 11.4. The van der Waals surface area contributed by atoms with Crippen LogP contribution >= 0.6 is 0 Å². The molecule has 0 bridgehead atoms. The summed E-state index contributed by atoms with van der Waals surface area (Å²) in [6.07, 6.45) is -1.10. The number of carbonyl (C=O) groups is 3. The molecule has 0 radical (unpaired) electrons.